The minimum atomic E-state index is -3.46. The first-order valence-corrected chi connectivity index (χ1v) is 7.54. The molecule has 0 aliphatic carbocycles. The van der Waals surface area contributed by atoms with E-state index in [-0.39, 0.29) is 10.4 Å². The lowest BCUT2D eigenvalue weighted by Gasteiger charge is -2.26. The monoisotopic (exact) mass is 285 g/mol. The van der Waals surface area contributed by atoms with E-state index in [0.29, 0.717) is 12.3 Å². The van der Waals surface area contributed by atoms with Crippen LogP contribution in [-0.4, -0.2) is 34.2 Å². The van der Waals surface area contributed by atoms with Crippen LogP contribution in [-0.2, 0) is 14.8 Å². The minimum Gasteiger partial charge on any atom is -0.397 e. The molecule has 7 heteroatoms. The molecule has 6 nitrogen and oxygen atoms in total. The van der Waals surface area contributed by atoms with Crippen LogP contribution in [0, 0.1) is 0 Å². The molecule has 1 fully saturated rings. The van der Waals surface area contributed by atoms with E-state index in [4.69, 9.17) is 10.5 Å². The summed E-state index contributed by atoms with van der Waals surface area (Å²) in [6.45, 7) is 3.39. The lowest BCUT2D eigenvalue weighted by Crippen LogP contribution is -2.35. The largest absolute Gasteiger partial charge is 0.397 e. The highest BCUT2D eigenvalue weighted by Crippen LogP contribution is 2.29. The highest BCUT2D eigenvalue weighted by atomic mass is 32.2. The molecule has 1 aliphatic rings. The molecule has 0 amide bonds. The van der Waals surface area contributed by atoms with Crippen molar-refractivity contribution in [2.45, 2.75) is 23.8 Å². The van der Waals surface area contributed by atoms with Crippen LogP contribution in [0.1, 0.15) is 13.3 Å². The van der Waals surface area contributed by atoms with Gasteiger partial charge in [0.1, 0.15) is 0 Å². The van der Waals surface area contributed by atoms with Crippen molar-refractivity contribution in [1.29, 1.82) is 0 Å². The van der Waals surface area contributed by atoms with Crippen LogP contribution in [0.3, 0.4) is 0 Å². The molecular formula is C12H19N3O3S. The van der Waals surface area contributed by atoms with Gasteiger partial charge >= 0.3 is 0 Å². The van der Waals surface area contributed by atoms with Crippen LogP contribution >= 0.6 is 0 Å². The third-order valence-electron chi connectivity index (χ3n) is 3.26. The molecule has 1 aromatic carbocycles. The molecule has 1 unspecified atom stereocenters. The predicted molar refractivity (Wildman–Crippen MR) is 74.6 cm³/mol. The number of anilines is 2. The number of hydrogen-bond donors (Lipinski definition) is 3. The van der Waals surface area contributed by atoms with Gasteiger partial charge in [0.25, 0.3) is 0 Å². The Morgan fingerprint density at radius 1 is 1.42 bits per heavy atom. The molecule has 0 saturated carbocycles. The van der Waals surface area contributed by atoms with Crippen LogP contribution in [0.2, 0.25) is 0 Å². The fourth-order valence-electron chi connectivity index (χ4n) is 2.03. The molecule has 106 valence electrons. The molecule has 1 heterocycles. The molecule has 1 atom stereocenters. The van der Waals surface area contributed by atoms with Gasteiger partial charge in [0.15, 0.2) is 0 Å². The van der Waals surface area contributed by atoms with Gasteiger partial charge < -0.3 is 15.8 Å². The Morgan fingerprint density at radius 3 is 2.68 bits per heavy atom. The molecular weight excluding hydrogens is 266 g/mol. The van der Waals surface area contributed by atoms with E-state index < -0.39 is 10.0 Å². The zero-order valence-corrected chi connectivity index (χ0v) is 11.9. The van der Waals surface area contributed by atoms with Gasteiger partial charge in [-0.25, -0.2) is 13.1 Å². The average Bonchev–Trinajstić information content (AvgIpc) is 2.78. The average molecular weight is 285 g/mol. The zero-order valence-electron chi connectivity index (χ0n) is 11.1. The van der Waals surface area contributed by atoms with Crippen molar-refractivity contribution in [3.8, 4) is 0 Å². The predicted octanol–water partition coefficient (Wildman–Crippen LogP) is 0.768. The summed E-state index contributed by atoms with van der Waals surface area (Å²) in [4.78, 5) is 0.158. The molecule has 19 heavy (non-hydrogen) atoms. The van der Waals surface area contributed by atoms with Crippen LogP contribution in [0.15, 0.2) is 23.1 Å². The molecule has 0 bridgehead atoms. The first kappa shape index (κ1) is 14.1. The first-order valence-electron chi connectivity index (χ1n) is 6.05. The molecule has 0 spiro atoms. The number of ether oxygens (including phenoxy) is 1. The smallest absolute Gasteiger partial charge is 0.240 e. The summed E-state index contributed by atoms with van der Waals surface area (Å²) in [5.41, 5.74) is 6.89. The summed E-state index contributed by atoms with van der Waals surface area (Å²) in [7, 11) is -2.09. The Hall–Kier alpha value is -1.31. The molecule has 0 radical (unpaired) electrons. The second-order valence-corrected chi connectivity index (χ2v) is 6.83. The van der Waals surface area contributed by atoms with E-state index in [1.54, 1.807) is 6.07 Å². The third kappa shape index (κ3) is 2.99. The number of nitrogens with two attached hydrogens (primary N) is 1. The Labute approximate surface area is 113 Å². The van der Waals surface area contributed by atoms with Crippen molar-refractivity contribution in [3.63, 3.8) is 0 Å². The maximum Gasteiger partial charge on any atom is 0.240 e. The fourth-order valence-corrected chi connectivity index (χ4v) is 2.80. The summed E-state index contributed by atoms with van der Waals surface area (Å²) in [6.07, 6.45) is 0.892. The van der Waals surface area contributed by atoms with Gasteiger partial charge in [-0.1, -0.05) is 0 Å². The zero-order chi connectivity index (χ0) is 14.1. The Balaban J connectivity index is 2.25. The van der Waals surface area contributed by atoms with E-state index >= 15 is 0 Å². The van der Waals surface area contributed by atoms with Gasteiger partial charge in [-0.2, -0.15) is 0 Å². The van der Waals surface area contributed by atoms with Crippen molar-refractivity contribution in [2.24, 2.45) is 0 Å². The lowest BCUT2D eigenvalue weighted by molar-refractivity contribution is 0.185. The van der Waals surface area contributed by atoms with Crippen LogP contribution in [0.25, 0.3) is 0 Å². The maximum absolute atomic E-state index is 11.7. The standard InChI is InChI=1S/C12H19N3O3S/c1-12(5-6-18-8-12)15-11-4-3-9(7-10(11)13)19(16,17)14-2/h3-4,7,14-15H,5-6,8,13H2,1-2H3. The first-order chi connectivity index (χ1) is 8.86. The fraction of sp³-hybridized carbons (Fsp3) is 0.500. The highest BCUT2D eigenvalue weighted by molar-refractivity contribution is 7.89. The number of rotatable bonds is 4. The second kappa shape index (κ2) is 4.99. The second-order valence-electron chi connectivity index (χ2n) is 4.94. The Morgan fingerprint density at radius 2 is 2.16 bits per heavy atom. The maximum atomic E-state index is 11.7. The SMILES string of the molecule is CNS(=O)(=O)c1ccc(NC2(C)CCOC2)c(N)c1. The van der Waals surface area contributed by atoms with Gasteiger partial charge in [0.05, 0.1) is 28.4 Å². The van der Waals surface area contributed by atoms with Gasteiger partial charge in [-0.05, 0) is 38.6 Å². The number of sulfonamides is 1. The van der Waals surface area contributed by atoms with Crippen molar-refractivity contribution in [2.75, 3.05) is 31.3 Å². The Bertz CT molecular complexity index is 566. The number of hydrogen-bond acceptors (Lipinski definition) is 5. The minimum absolute atomic E-state index is 0.155. The number of benzene rings is 1. The summed E-state index contributed by atoms with van der Waals surface area (Å²) in [5.74, 6) is 0. The summed E-state index contributed by atoms with van der Waals surface area (Å²) in [6, 6.07) is 4.67. The number of nitrogens with one attached hydrogen (secondary N) is 2. The molecule has 1 aliphatic heterocycles. The van der Waals surface area contributed by atoms with Gasteiger partial charge in [-0.15, -0.1) is 0 Å². The highest BCUT2D eigenvalue weighted by Gasteiger charge is 2.30. The summed E-state index contributed by atoms with van der Waals surface area (Å²) >= 11 is 0. The van der Waals surface area contributed by atoms with Crippen molar-refractivity contribution < 1.29 is 13.2 Å². The van der Waals surface area contributed by atoms with Crippen molar-refractivity contribution in [1.82, 2.24) is 4.72 Å². The summed E-state index contributed by atoms with van der Waals surface area (Å²) in [5, 5.41) is 3.32. The van der Waals surface area contributed by atoms with Crippen LogP contribution in [0.5, 0.6) is 0 Å². The normalized spacial score (nSPS) is 23.5. The lowest BCUT2D eigenvalue weighted by atomic mass is 10.0. The van der Waals surface area contributed by atoms with Gasteiger partial charge in [-0.3, -0.25) is 0 Å². The van der Waals surface area contributed by atoms with E-state index in [9.17, 15) is 8.42 Å². The van der Waals surface area contributed by atoms with Crippen molar-refractivity contribution in [3.05, 3.63) is 18.2 Å². The molecule has 0 aromatic heterocycles. The molecule has 4 N–H and O–H groups in total. The van der Waals surface area contributed by atoms with E-state index in [1.165, 1.54) is 19.2 Å². The van der Waals surface area contributed by atoms with Crippen LogP contribution in [0.4, 0.5) is 11.4 Å². The van der Waals surface area contributed by atoms with E-state index in [0.717, 1.165) is 18.7 Å². The third-order valence-corrected chi connectivity index (χ3v) is 4.67. The number of nitrogen functional groups attached to an aromatic ring is 1. The van der Waals surface area contributed by atoms with Gasteiger partial charge in [0, 0.05) is 6.61 Å². The van der Waals surface area contributed by atoms with E-state index in [2.05, 4.69) is 17.0 Å². The van der Waals surface area contributed by atoms with Crippen LogP contribution < -0.4 is 15.8 Å². The molecule has 1 aromatic rings. The van der Waals surface area contributed by atoms with Crippen molar-refractivity contribution >= 4 is 21.4 Å². The Kier molecular flexibility index (Phi) is 3.71. The topological polar surface area (TPSA) is 93.5 Å². The quantitative estimate of drug-likeness (QED) is 0.710. The molecule has 1 saturated heterocycles. The molecule has 2 rings (SSSR count). The van der Waals surface area contributed by atoms with E-state index in [1.807, 2.05) is 0 Å². The van der Waals surface area contributed by atoms with Gasteiger partial charge in [0.2, 0.25) is 10.0 Å². The summed E-state index contributed by atoms with van der Waals surface area (Å²) < 4.78 is 30.9.